The SMILES string of the molecule is Cc1ccc(CCNc2ccccc2)cc1.Cl. The lowest BCUT2D eigenvalue weighted by molar-refractivity contribution is 1.02. The highest BCUT2D eigenvalue weighted by Gasteiger charge is 1.93. The van der Waals surface area contributed by atoms with E-state index in [9.17, 15) is 0 Å². The molecule has 2 aromatic carbocycles. The van der Waals surface area contributed by atoms with Crippen molar-refractivity contribution in [3.63, 3.8) is 0 Å². The summed E-state index contributed by atoms with van der Waals surface area (Å²) in [6.45, 7) is 3.10. The highest BCUT2D eigenvalue weighted by atomic mass is 35.5. The minimum Gasteiger partial charge on any atom is -0.385 e. The molecule has 0 aromatic heterocycles. The first-order valence-corrected chi connectivity index (χ1v) is 5.69. The molecule has 0 amide bonds. The zero-order valence-corrected chi connectivity index (χ0v) is 10.8. The molecule has 0 saturated heterocycles. The van der Waals surface area contributed by atoms with Gasteiger partial charge >= 0.3 is 0 Å². The van der Waals surface area contributed by atoms with Crippen LogP contribution in [0.25, 0.3) is 0 Å². The molecular weight excluding hydrogens is 230 g/mol. The van der Waals surface area contributed by atoms with Gasteiger partial charge in [-0.15, -0.1) is 12.4 Å². The molecule has 1 nitrogen and oxygen atoms in total. The van der Waals surface area contributed by atoms with Crippen molar-refractivity contribution in [1.82, 2.24) is 0 Å². The first-order valence-electron chi connectivity index (χ1n) is 5.69. The quantitative estimate of drug-likeness (QED) is 0.859. The van der Waals surface area contributed by atoms with Gasteiger partial charge in [0.05, 0.1) is 0 Å². The maximum absolute atomic E-state index is 3.41. The number of halogens is 1. The Labute approximate surface area is 109 Å². The molecule has 0 spiro atoms. The fourth-order valence-electron chi connectivity index (χ4n) is 1.66. The lowest BCUT2D eigenvalue weighted by atomic mass is 10.1. The van der Waals surface area contributed by atoms with Crippen LogP contribution in [0.1, 0.15) is 11.1 Å². The van der Waals surface area contributed by atoms with Gasteiger partial charge in [0, 0.05) is 12.2 Å². The Morgan fingerprint density at radius 3 is 2.18 bits per heavy atom. The summed E-state index contributed by atoms with van der Waals surface area (Å²) in [7, 11) is 0. The number of benzene rings is 2. The average molecular weight is 248 g/mol. The maximum atomic E-state index is 3.41. The van der Waals surface area contributed by atoms with Crippen molar-refractivity contribution in [1.29, 1.82) is 0 Å². The van der Waals surface area contributed by atoms with Crippen molar-refractivity contribution in [3.8, 4) is 0 Å². The van der Waals surface area contributed by atoms with Crippen LogP contribution in [0.4, 0.5) is 5.69 Å². The van der Waals surface area contributed by atoms with Crippen LogP contribution >= 0.6 is 12.4 Å². The van der Waals surface area contributed by atoms with Gasteiger partial charge in [-0.25, -0.2) is 0 Å². The van der Waals surface area contributed by atoms with Gasteiger partial charge in [0.2, 0.25) is 0 Å². The van der Waals surface area contributed by atoms with Crippen LogP contribution in [0.3, 0.4) is 0 Å². The lowest BCUT2D eigenvalue weighted by Crippen LogP contribution is -2.04. The van der Waals surface area contributed by atoms with E-state index in [2.05, 4.69) is 48.6 Å². The van der Waals surface area contributed by atoms with Crippen LogP contribution in [0.5, 0.6) is 0 Å². The molecule has 2 heteroatoms. The Morgan fingerprint density at radius 1 is 0.882 bits per heavy atom. The van der Waals surface area contributed by atoms with Crippen LogP contribution in [-0.2, 0) is 6.42 Å². The van der Waals surface area contributed by atoms with Gasteiger partial charge in [-0.05, 0) is 31.0 Å². The van der Waals surface area contributed by atoms with E-state index in [1.165, 1.54) is 16.8 Å². The van der Waals surface area contributed by atoms with Crippen molar-refractivity contribution >= 4 is 18.1 Å². The second kappa shape index (κ2) is 6.97. The molecule has 1 N–H and O–H groups in total. The number of rotatable bonds is 4. The van der Waals surface area contributed by atoms with E-state index < -0.39 is 0 Å². The van der Waals surface area contributed by atoms with Gasteiger partial charge in [-0.3, -0.25) is 0 Å². The summed E-state index contributed by atoms with van der Waals surface area (Å²) in [6, 6.07) is 19.0. The van der Waals surface area contributed by atoms with Crippen molar-refractivity contribution in [3.05, 3.63) is 65.7 Å². The van der Waals surface area contributed by atoms with E-state index in [4.69, 9.17) is 0 Å². The molecule has 0 unspecified atom stereocenters. The average Bonchev–Trinajstić information content (AvgIpc) is 2.33. The Kier molecular flexibility index (Phi) is 5.58. The minimum atomic E-state index is 0. The van der Waals surface area contributed by atoms with Crippen molar-refractivity contribution in [2.24, 2.45) is 0 Å². The van der Waals surface area contributed by atoms with Crippen molar-refractivity contribution in [2.75, 3.05) is 11.9 Å². The van der Waals surface area contributed by atoms with E-state index in [-0.39, 0.29) is 12.4 Å². The second-order valence-corrected chi connectivity index (χ2v) is 4.03. The molecule has 2 aromatic rings. The summed E-state index contributed by atoms with van der Waals surface area (Å²) in [5.74, 6) is 0. The van der Waals surface area contributed by atoms with Gasteiger partial charge in [0.25, 0.3) is 0 Å². The molecule has 0 saturated carbocycles. The number of para-hydroxylation sites is 1. The Balaban J connectivity index is 0.00000144. The minimum absolute atomic E-state index is 0. The third-order valence-corrected chi connectivity index (χ3v) is 2.64. The summed E-state index contributed by atoms with van der Waals surface area (Å²) < 4.78 is 0. The maximum Gasteiger partial charge on any atom is 0.0340 e. The summed E-state index contributed by atoms with van der Waals surface area (Å²) in [6.07, 6.45) is 1.06. The third kappa shape index (κ3) is 4.49. The first-order chi connectivity index (χ1) is 7.84. The summed E-state index contributed by atoms with van der Waals surface area (Å²) in [5, 5.41) is 3.41. The predicted octanol–water partition coefficient (Wildman–Crippen LogP) is 4.07. The Bertz CT molecular complexity index is 422. The molecule has 0 heterocycles. The number of anilines is 1. The van der Waals surface area contributed by atoms with E-state index in [0.717, 1.165) is 13.0 Å². The normalized spacial score (nSPS) is 9.47. The van der Waals surface area contributed by atoms with E-state index in [1.807, 2.05) is 18.2 Å². The van der Waals surface area contributed by atoms with Gasteiger partial charge in [0.15, 0.2) is 0 Å². The van der Waals surface area contributed by atoms with Crippen LogP contribution in [0.2, 0.25) is 0 Å². The lowest BCUT2D eigenvalue weighted by Gasteiger charge is -2.06. The molecule has 0 radical (unpaired) electrons. The molecule has 0 bridgehead atoms. The van der Waals surface area contributed by atoms with E-state index in [1.54, 1.807) is 0 Å². The highest BCUT2D eigenvalue weighted by molar-refractivity contribution is 5.85. The number of hydrogen-bond acceptors (Lipinski definition) is 1. The Morgan fingerprint density at radius 2 is 1.53 bits per heavy atom. The number of nitrogens with one attached hydrogen (secondary N) is 1. The van der Waals surface area contributed by atoms with E-state index in [0.29, 0.717) is 0 Å². The van der Waals surface area contributed by atoms with Crippen molar-refractivity contribution < 1.29 is 0 Å². The molecule has 0 aliphatic rings. The topological polar surface area (TPSA) is 12.0 Å². The van der Waals surface area contributed by atoms with Gasteiger partial charge in [-0.2, -0.15) is 0 Å². The molecule has 0 aliphatic carbocycles. The summed E-state index contributed by atoms with van der Waals surface area (Å²) in [4.78, 5) is 0. The molecule has 0 aliphatic heterocycles. The number of aryl methyl sites for hydroxylation is 1. The monoisotopic (exact) mass is 247 g/mol. The molecular formula is C15H18ClN. The third-order valence-electron chi connectivity index (χ3n) is 2.64. The van der Waals surface area contributed by atoms with Crippen LogP contribution in [-0.4, -0.2) is 6.54 Å². The van der Waals surface area contributed by atoms with E-state index >= 15 is 0 Å². The number of hydrogen-bond donors (Lipinski definition) is 1. The summed E-state index contributed by atoms with van der Waals surface area (Å²) >= 11 is 0. The molecule has 2 rings (SSSR count). The van der Waals surface area contributed by atoms with Gasteiger partial charge in [0.1, 0.15) is 0 Å². The van der Waals surface area contributed by atoms with Crippen LogP contribution in [0.15, 0.2) is 54.6 Å². The molecule has 90 valence electrons. The Hall–Kier alpha value is -1.47. The highest BCUT2D eigenvalue weighted by Crippen LogP contribution is 2.07. The zero-order chi connectivity index (χ0) is 11.2. The molecule has 17 heavy (non-hydrogen) atoms. The molecule has 0 atom stereocenters. The smallest absolute Gasteiger partial charge is 0.0340 e. The fraction of sp³-hybridized carbons (Fsp3) is 0.200. The largest absolute Gasteiger partial charge is 0.385 e. The van der Waals surface area contributed by atoms with Crippen molar-refractivity contribution in [2.45, 2.75) is 13.3 Å². The zero-order valence-electron chi connectivity index (χ0n) is 10.0. The molecule has 0 fully saturated rings. The van der Waals surface area contributed by atoms with Gasteiger partial charge < -0.3 is 5.32 Å². The summed E-state index contributed by atoms with van der Waals surface area (Å²) in [5.41, 5.74) is 3.89. The van der Waals surface area contributed by atoms with Crippen LogP contribution in [0, 0.1) is 6.92 Å². The van der Waals surface area contributed by atoms with Crippen LogP contribution < -0.4 is 5.32 Å². The van der Waals surface area contributed by atoms with Gasteiger partial charge in [-0.1, -0.05) is 48.0 Å². The first kappa shape index (κ1) is 13.6. The standard InChI is InChI=1S/C15H17N.ClH/c1-13-7-9-14(10-8-13)11-12-16-15-5-3-2-4-6-15;/h2-10,16H,11-12H2,1H3;1H. The fourth-order valence-corrected chi connectivity index (χ4v) is 1.66. The predicted molar refractivity (Wildman–Crippen MR) is 77.1 cm³/mol. The second-order valence-electron chi connectivity index (χ2n) is 4.03.